The highest BCUT2D eigenvalue weighted by Crippen LogP contribution is 2.62. The molecule has 1 atom stereocenters. The molecule has 53 heavy (non-hydrogen) atoms. The summed E-state index contributed by atoms with van der Waals surface area (Å²) in [6.45, 7) is 4.67. The second kappa shape index (κ2) is 11.0. The van der Waals surface area contributed by atoms with Crippen LogP contribution in [0, 0.1) is 0 Å². The van der Waals surface area contributed by atoms with Crippen molar-refractivity contribution in [2.75, 3.05) is 0 Å². The minimum Gasteiger partial charge on any atom is -0.457 e. The first-order chi connectivity index (χ1) is 26.0. The number of fused-ring (bicyclic) bond motifs is 12. The molecule has 1 unspecified atom stereocenters. The van der Waals surface area contributed by atoms with Crippen LogP contribution in [0.3, 0.4) is 0 Å². The van der Waals surface area contributed by atoms with Crippen LogP contribution in [0.2, 0.25) is 0 Å². The van der Waals surface area contributed by atoms with Gasteiger partial charge in [0.2, 0.25) is 0 Å². The number of para-hydroxylation sites is 1. The molecule has 0 fully saturated rings. The lowest BCUT2D eigenvalue weighted by Gasteiger charge is -2.39. The Labute approximate surface area is 310 Å². The van der Waals surface area contributed by atoms with E-state index in [-0.39, 0.29) is 11.6 Å². The van der Waals surface area contributed by atoms with Gasteiger partial charge in [-0.2, -0.15) is 0 Å². The van der Waals surface area contributed by atoms with Crippen molar-refractivity contribution >= 4 is 11.4 Å². The Morgan fingerprint density at radius 3 is 1.77 bits per heavy atom. The third-order valence-corrected chi connectivity index (χ3v) is 12.0. The Balaban J connectivity index is 1.10. The standard InChI is InChI=1S/C50H36N2O/c1-49(2)38-19-9-6-16-34(38)37-26-24-32(28-42(37)49)44-30-45(52-48(51-44)31-14-4-3-5-15-31)33-25-27-47-43(29-33)50(41-22-12-13-23-46(41)53-47)39-20-10-7-17-35(39)36-18-8-11-21-40(36)50/h3-30,48,52H,1-2H3. The number of hydrogen-bond acceptors (Lipinski definition) is 3. The number of ether oxygens (including phenoxy) is 1. The first kappa shape index (κ1) is 30.2. The van der Waals surface area contributed by atoms with E-state index < -0.39 is 5.41 Å². The van der Waals surface area contributed by atoms with E-state index in [4.69, 9.17) is 9.73 Å². The maximum absolute atomic E-state index is 6.74. The van der Waals surface area contributed by atoms with Crippen molar-refractivity contribution in [1.29, 1.82) is 0 Å². The van der Waals surface area contributed by atoms with E-state index >= 15 is 0 Å². The number of nitrogens with one attached hydrogen (secondary N) is 1. The van der Waals surface area contributed by atoms with Crippen molar-refractivity contribution in [2.45, 2.75) is 30.8 Å². The molecule has 0 amide bonds. The van der Waals surface area contributed by atoms with Crippen LogP contribution in [0.5, 0.6) is 11.5 Å². The highest BCUT2D eigenvalue weighted by atomic mass is 16.5. The normalized spacial score (nSPS) is 17.5. The van der Waals surface area contributed by atoms with E-state index in [1.165, 1.54) is 50.1 Å². The minimum absolute atomic E-state index is 0.0994. The second-order valence-electron chi connectivity index (χ2n) is 15.1. The summed E-state index contributed by atoms with van der Waals surface area (Å²) in [6.07, 6.45) is 1.98. The molecule has 0 saturated carbocycles. The number of nitrogens with zero attached hydrogens (tertiary/aromatic N) is 1. The Bertz CT molecular complexity index is 2670. The zero-order valence-electron chi connectivity index (χ0n) is 29.6. The number of rotatable bonds is 3. The van der Waals surface area contributed by atoms with E-state index in [2.05, 4.69) is 189 Å². The molecule has 4 aliphatic rings. The molecule has 7 aromatic rings. The van der Waals surface area contributed by atoms with Crippen molar-refractivity contribution in [1.82, 2.24) is 5.32 Å². The monoisotopic (exact) mass is 680 g/mol. The SMILES string of the molecule is CC1(C)c2ccccc2-c2ccc(C3=NC(c4ccccc4)NC(c4ccc5c(c4)C4(c6ccccc6O5)c5ccccc5-c5ccccc54)=C3)cc21. The molecule has 3 heteroatoms. The van der Waals surface area contributed by atoms with Crippen molar-refractivity contribution in [3.8, 4) is 33.8 Å². The fourth-order valence-electron chi connectivity index (χ4n) is 9.54. The fourth-order valence-corrected chi connectivity index (χ4v) is 9.54. The number of aliphatic imine (C=N–C) groups is 1. The Hall–Kier alpha value is -6.45. The molecule has 1 spiro atoms. The molecule has 3 nitrogen and oxygen atoms in total. The third kappa shape index (κ3) is 4.19. The molecule has 0 saturated heterocycles. The average Bonchev–Trinajstić information content (AvgIpc) is 3.64. The van der Waals surface area contributed by atoms with Gasteiger partial charge in [-0.25, -0.2) is 0 Å². The first-order valence-corrected chi connectivity index (χ1v) is 18.5. The van der Waals surface area contributed by atoms with Crippen LogP contribution in [0.1, 0.15) is 70.1 Å². The van der Waals surface area contributed by atoms with E-state index in [1.807, 2.05) is 0 Å². The van der Waals surface area contributed by atoms with Gasteiger partial charge in [-0.1, -0.05) is 147 Å². The topological polar surface area (TPSA) is 33.6 Å². The number of allylic oxidation sites excluding steroid dienone is 1. The quantitative estimate of drug-likeness (QED) is 0.201. The van der Waals surface area contributed by atoms with Gasteiger partial charge in [0, 0.05) is 27.8 Å². The Morgan fingerprint density at radius 2 is 1.04 bits per heavy atom. The van der Waals surface area contributed by atoms with Gasteiger partial charge >= 0.3 is 0 Å². The highest BCUT2D eigenvalue weighted by Gasteiger charge is 2.51. The van der Waals surface area contributed by atoms with Crippen molar-refractivity contribution in [3.05, 3.63) is 220 Å². The van der Waals surface area contributed by atoms with Crippen LogP contribution in [-0.2, 0) is 10.8 Å². The summed E-state index contributed by atoms with van der Waals surface area (Å²) in [7, 11) is 0. The van der Waals surface area contributed by atoms with Crippen LogP contribution in [-0.4, -0.2) is 5.71 Å². The lowest BCUT2D eigenvalue weighted by atomic mass is 9.66. The molecule has 0 bridgehead atoms. The zero-order chi connectivity index (χ0) is 35.3. The van der Waals surface area contributed by atoms with Crippen LogP contribution in [0.4, 0.5) is 0 Å². The first-order valence-electron chi connectivity index (χ1n) is 18.5. The van der Waals surface area contributed by atoms with Crippen molar-refractivity contribution < 1.29 is 4.74 Å². The predicted octanol–water partition coefficient (Wildman–Crippen LogP) is 11.6. The molecule has 0 radical (unpaired) electrons. The Kier molecular flexibility index (Phi) is 6.28. The maximum atomic E-state index is 6.74. The van der Waals surface area contributed by atoms with Gasteiger partial charge < -0.3 is 10.1 Å². The molecule has 2 heterocycles. The van der Waals surface area contributed by atoms with E-state index in [1.54, 1.807) is 0 Å². The number of hydrogen-bond donors (Lipinski definition) is 1. The zero-order valence-corrected chi connectivity index (χ0v) is 29.6. The van der Waals surface area contributed by atoms with E-state index in [9.17, 15) is 0 Å². The van der Waals surface area contributed by atoms with Gasteiger partial charge in [0.25, 0.3) is 0 Å². The van der Waals surface area contributed by atoms with E-state index in [0.29, 0.717) is 0 Å². The van der Waals surface area contributed by atoms with Crippen LogP contribution < -0.4 is 10.1 Å². The van der Waals surface area contributed by atoms with Gasteiger partial charge in [-0.05, 0) is 92.0 Å². The molecule has 0 aromatic heterocycles. The van der Waals surface area contributed by atoms with Crippen LogP contribution in [0.15, 0.2) is 175 Å². The summed E-state index contributed by atoms with van der Waals surface area (Å²) in [5.74, 6) is 1.78. The van der Waals surface area contributed by atoms with E-state index in [0.717, 1.165) is 45.2 Å². The fraction of sp³-hybridized carbons (Fsp3) is 0.100. The largest absolute Gasteiger partial charge is 0.457 e. The van der Waals surface area contributed by atoms with Crippen molar-refractivity contribution in [3.63, 3.8) is 0 Å². The summed E-state index contributed by atoms with van der Waals surface area (Å²) < 4.78 is 6.74. The second-order valence-corrected chi connectivity index (χ2v) is 15.1. The minimum atomic E-state index is -0.529. The molecule has 2 aliphatic heterocycles. The molecular weight excluding hydrogens is 645 g/mol. The van der Waals surface area contributed by atoms with Gasteiger partial charge in [0.15, 0.2) is 0 Å². The molecule has 2 aliphatic carbocycles. The summed E-state index contributed by atoms with van der Waals surface area (Å²) in [5, 5.41) is 3.84. The van der Waals surface area contributed by atoms with Gasteiger partial charge in [-0.15, -0.1) is 0 Å². The summed E-state index contributed by atoms with van der Waals surface area (Å²) in [4.78, 5) is 5.37. The summed E-state index contributed by atoms with van der Waals surface area (Å²) in [6, 6.07) is 59.3. The molecule has 1 N–H and O–H groups in total. The van der Waals surface area contributed by atoms with Gasteiger partial charge in [-0.3, -0.25) is 4.99 Å². The lowest BCUT2D eigenvalue weighted by Crippen LogP contribution is -2.32. The molecule has 252 valence electrons. The van der Waals surface area contributed by atoms with Crippen LogP contribution >= 0.6 is 0 Å². The highest BCUT2D eigenvalue weighted by molar-refractivity contribution is 6.13. The number of benzene rings is 7. The van der Waals surface area contributed by atoms with Gasteiger partial charge in [0.05, 0.1) is 11.1 Å². The van der Waals surface area contributed by atoms with Gasteiger partial charge in [0.1, 0.15) is 17.7 Å². The van der Waals surface area contributed by atoms with Crippen LogP contribution in [0.25, 0.3) is 28.0 Å². The predicted molar refractivity (Wildman–Crippen MR) is 215 cm³/mol. The smallest absolute Gasteiger partial charge is 0.145 e. The average molecular weight is 681 g/mol. The summed E-state index contributed by atoms with van der Waals surface area (Å²) >= 11 is 0. The maximum Gasteiger partial charge on any atom is 0.145 e. The molecule has 7 aromatic carbocycles. The Morgan fingerprint density at radius 1 is 0.491 bits per heavy atom. The van der Waals surface area contributed by atoms with Crippen molar-refractivity contribution in [2.24, 2.45) is 4.99 Å². The third-order valence-electron chi connectivity index (χ3n) is 12.0. The lowest BCUT2D eigenvalue weighted by molar-refractivity contribution is 0.436. The molecule has 11 rings (SSSR count). The summed E-state index contributed by atoms with van der Waals surface area (Å²) in [5.41, 5.74) is 17.5. The molecular formula is C50H36N2O.